The Morgan fingerprint density at radius 3 is 2.35 bits per heavy atom. The van der Waals surface area contributed by atoms with Gasteiger partial charge in [-0.2, -0.15) is 0 Å². The molecule has 1 saturated heterocycles. The van der Waals surface area contributed by atoms with Crippen molar-refractivity contribution in [3.05, 3.63) is 52.1 Å². The van der Waals surface area contributed by atoms with E-state index in [4.69, 9.17) is 10.1 Å². The molecule has 2 aromatic rings. The number of anilines is 2. The van der Waals surface area contributed by atoms with Crippen molar-refractivity contribution < 1.29 is 24.2 Å². The number of carboxylic acid groups (broad SMARTS) is 1. The van der Waals surface area contributed by atoms with E-state index >= 15 is 0 Å². The molecule has 0 saturated carbocycles. The molecule has 2 aromatic carbocycles. The first-order chi connectivity index (χ1) is 18.8. The number of rotatable bonds is 9. The van der Waals surface area contributed by atoms with Crippen LogP contribution in [0.3, 0.4) is 0 Å². The molecule has 0 aliphatic carbocycles. The number of aliphatic carboxylic acids is 1. The number of amidine groups is 1. The lowest BCUT2D eigenvalue weighted by Gasteiger charge is -2.29. The van der Waals surface area contributed by atoms with E-state index < -0.39 is 18.0 Å². The first kappa shape index (κ1) is 28.9. The first-order valence-electron chi connectivity index (χ1n) is 13.5. The van der Waals surface area contributed by atoms with Gasteiger partial charge in [-0.1, -0.05) is 20.8 Å². The maximum absolute atomic E-state index is 13.8. The fraction of sp³-hybridized carbons (Fsp3) is 0.467. The maximum atomic E-state index is 13.8. The molecule has 1 amide bonds. The summed E-state index contributed by atoms with van der Waals surface area (Å²) in [5.74, 6) is -0.726. The zero-order chi connectivity index (χ0) is 29.4. The molecule has 0 unspecified atom stereocenters. The third-order valence-electron chi connectivity index (χ3n) is 7.43. The summed E-state index contributed by atoms with van der Waals surface area (Å²) in [7, 11) is 5.31. The van der Waals surface area contributed by atoms with Gasteiger partial charge >= 0.3 is 5.97 Å². The highest BCUT2D eigenvalue weighted by molar-refractivity contribution is 6.08. The molecule has 10 heteroatoms. The molecule has 1 fully saturated rings. The van der Waals surface area contributed by atoms with Crippen LogP contribution in [0.4, 0.5) is 11.4 Å². The highest BCUT2D eigenvalue weighted by Gasteiger charge is 2.32. The second-order valence-electron chi connectivity index (χ2n) is 11.6. The number of hydrogen-bond acceptors (Lipinski definition) is 7. The minimum Gasteiger partial charge on any atom is -0.479 e. The summed E-state index contributed by atoms with van der Waals surface area (Å²) in [6, 6.07) is 7.26. The van der Waals surface area contributed by atoms with E-state index in [1.807, 2.05) is 45.8 Å². The summed E-state index contributed by atoms with van der Waals surface area (Å²) < 4.78 is 5.83. The van der Waals surface area contributed by atoms with Crippen LogP contribution in [0.5, 0.6) is 5.75 Å². The lowest BCUT2D eigenvalue weighted by atomic mass is 9.84. The van der Waals surface area contributed by atoms with E-state index in [0.717, 1.165) is 48.4 Å². The molecule has 0 atom stereocenters. The van der Waals surface area contributed by atoms with Crippen LogP contribution in [-0.2, 0) is 16.8 Å². The van der Waals surface area contributed by atoms with Gasteiger partial charge in [0.2, 0.25) is 0 Å². The van der Waals surface area contributed by atoms with Crippen molar-refractivity contribution >= 4 is 34.9 Å². The van der Waals surface area contributed by atoms with Crippen LogP contribution in [0, 0.1) is 5.41 Å². The van der Waals surface area contributed by atoms with Gasteiger partial charge in [0.05, 0.1) is 17.8 Å². The number of nitrogens with zero attached hydrogens (tertiary/aromatic N) is 3. The quantitative estimate of drug-likeness (QED) is 0.406. The van der Waals surface area contributed by atoms with Crippen molar-refractivity contribution in [3.8, 4) is 5.75 Å². The number of hydrogen-bond donors (Lipinski definition) is 3. The zero-order valence-electron chi connectivity index (χ0n) is 24.2. The maximum Gasteiger partial charge on any atom is 0.341 e. The van der Waals surface area contributed by atoms with Crippen molar-refractivity contribution in [1.29, 1.82) is 5.41 Å². The van der Waals surface area contributed by atoms with E-state index in [1.165, 1.54) is 0 Å². The molecule has 2 aliphatic rings. The van der Waals surface area contributed by atoms with E-state index in [9.17, 15) is 19.5 Å². The minimum atomic E-state index is -1.06. The fourth-order valence-corrected chi connectivity index (χ4v) is 5.33. The largest absolute Gasteiger partial charge is 0.479 e. The summed E-state index contributed by atoms with van der Waals surface area (Å²) in [6.07, 6.45) is 2.02. The van der Waals surface area contributed by atoms with Crippen LogP contribution < -0.4 is 19.9 Å². The molecule has 0 bridgehead atoms. The number of ketones is 1. The number of carbonyl (C=O) groups excluding carboxylic acids is 2. The Morgan fingerprint density at radius 1 is 1.10 bits per heavy atom. The Balaban J connectivity index is 1.68. The number of carbonyl (C=O) groups is 3. The normalized spacial score (nSPS) is 14.8. The Hall–Kier alpha value is -4.08. The van der Waals surface area contributed by atoms with Crippen LogP contribution in [0.15, 0.2) is 24.3 Å². The van der Waals surface area contributed by atoms with Crippen LogP contribution >= 0.6 is 0 Å². The first-order valence-corrected chi connectivity index (χ1v) is 13.5. The van der Waals surface area contributed by atoms with Crippen molar-refractivity contribution in [2.45, 2.75) is 45.6 Å². The van der Waals surface area contributed by atoms with Gasteiger partial charge in [-0.15, -0.1) is 0 Å². The monoisotopic (exact) mass is 549 g/mol. The SMILES string of the molecule is CNC(=O)c1cc2c(cc1N(C)C)CN(CC(=O)c1cc(N3CCCC3)c(OCC(=O)O)c(C(C)(C)C)c1)C2=N. The second-order valence-corrected chi connectivity index (χ2v) is 11.6. The lowest BCUT2D eigenvalue weighted by Crippen LogP contribution is -2.31. The molecule has 10 nitrogen and oxygen atoms in total. The Bertz CT molecular complexity index is 1360. The van der Waals surface area contributed by atoms with Gasteiger partial charge in [-0.3, -0.25) is 15.0 Å². The van der Waals surface area contributed by atoms with Gasteiger partial charge in [-0.05, 0) is 48.1 Å². The van der Waals surface area contributed by atoms with E-state index in [0.29, 0.717) is 29.0 Å². The number of ether oxygens (including phenoxy) is 1. The standard InChI is InChI=1S/C30H39N5O5/c1-30(2,3)22-11-18(12-24(34-9-7-8-10-34)27(22)40-17-26(37)38)25(36)16-35-15-19-13-23(33(5)6)21(29(39)32-4)14-20(19)28(35)31/h11-14,31H,7-10,15-17H2,1-6H3,(H,32,39)(H,37,38). The number of fused-ring (bicyclic) bond motifs is 1. The number of carboxylic acids is 1. The Morgan fingerprint density at radius 2 is 1.77 bits per heavy atom. The average Bonchev–Trinajstić information content (AvgIpc) is 3.53. The summed E-state index contributed by atoms with van der Waals surface area (Å²) in [5, 5.41) is 20.8. The van der Waals surface area contributed by atoms with Gasteiger partial charge in [0.1, 0.15) is 11.6 Å². The fourth-order valence-electron chi connectivity index (χ4n) is 5.33. The van der Waals surface area contributed by atoms with Gasteiger partial charge in [0.15, 0.2) is 12.4 Å². The van der Waals surface area contributed by atoms with Gasteiger partial charge < -0.3 is 29.9 Å². The average molecular weight is 550 g/mol. The summed E-state index contributed by atoms with van der Waals surface area (Å²) in [4.78, 5) is 43.4. The van der Waals surface area contributed by atoms with Crippen molar-refractivity contribution in [2.75, 3.05) is 57.2 Å². The van der Waals surface area contributed by atoms with Crippen LogP contribution in [-0.4, -0.2) is 80.9 Å². The highest BCUT2D eigenvalue weighted by Crippen LogP contribution is 2.42. The predicted molar refractivity (Wildman–Crippen MR) is 155 cm³/mol. The topological polar surface area (TPSA) is 126 Å². The predicted octanol–water partition coefficient (Wildman–Crippen LogP) is 3.50. The van der Waals surface area contributed by atoms with Crippen LogP contribution in [0.1, 0.15) is 71.0 Å². The van der Waals surface area contributed by atoms with Crippen molar-refractivity contribution in [2.24, 2.45) is 0 Å². The molecule has 40 heavy (non-hydrogen) atoms. The second kappa shape index (κ2) is 11.2. The molecule has 2 aliphatic heterocycles. The lowest BCUT2D eigenvalue weighted by molar-refractivity contribution is -0.139. The summed E-state index contributed by atoms with van der Waals surface area (Å²) in [6.45, 7) is 7.56. The molecular weight excluding hydrogens is 510 g/mol. The number of benzene rings is 2. The van der Waals surface area contributed by atoms with Crippen LogP contribution in [0.25, 0.3) is 0 Å². The molecule has 4 rings (SSSR count). The zero-order valence-corrected chi connectivity index (χ0v) is 24.2. The van der Waals surface area contributed by atoms with Gasteiger partial charge in [0, 0.05) is 63.2 Å². The minimum absolute atomic E-state index is 0.00152. The summed E-state index contributed by atoms with van der Waals surface area (Å²) in [5.41, 5.74) is 4.36. The smallest absolute Gasteiger partial charge is 0.341 e. The molecule has 3 N–H and O–H groups in total. The summed E-state index contributed by atoms with van der Waals surface area (Å²) >= 11 is 0. The Labute approximate surface area is 235 Å². The molecule has 0 spiro atoms. The van der Waals surface area contributed by atoms with Gasteiger partial charge in [0.25, 0.3) is 5.91 Å². The molecule has 0 aromatic heterocycles. The molecule has 214 valence electrons. The molecule has 2 heterocycles. The Kier molecular flexibility index (Phi) is 8.09. The number of nitrogens with one attached hydrogen (secondary N) is 2. The molecule has 0 radical (unpaired) electrons. The van der Waals surface area contributed by atoms with Gasteiger partial charge in [-0.25, -0.2) is 4.79 Å². The van der Waals surface area contributed by atoms with E-state index in [-0.39, 0.29) is 24.1 Å². The number of amides is 1. The molecular formula is C30H39N5O5. The van der Waals surface area contributed by atoms with Crippen molar-refractivity contribution in [3.63, 3.8) is 0 Å². The van der Waals surface area contributed by atoms with E-state index in [2.05, 4.69) is 10.2 Å². The van der Waals surface area contributed by atoms with Crippen molar-refractivity contribution in [1.82, 2.24) is 10.2 Å². The number of Topliss-reactive ketones (excluding diaryl/α,β-unsaturated/α-hetero) is 1. The third kappa shape index (κ3) is 5.76. The third-order valence-corrected chi connectivity index (χ3v) is 7.43. The highest BCUT2D eigenvalue weighted by atomic mass is 16.5. The van der Waals surface area contributed by atoms with E-state index in [1.54, 1.807) is 30.1 Å². The van der Waals surface area contributed by atoms with Crippen LogP contribution in [0.2, 0.25) is 0 Å².